The van der Waals surface area contributed by atoms with Crippen LogP contribution in [0.5, 0.6) is 0 Å². The van der Waals surface area contributed by atoms with E-state index in [-0.39, 0.29) is 11.5 Å². The predicted octanol–water partition coefficient (Wildman–Crippen LogP) is 3.05. The second-order valence-electron chi connectivity index (χ2n) is 4.78. The Morgan fingerprint density at radius 3 is 2.65 bits per heavy atom. The lowest BCUT2D eigenvalue weighted by atomic mass is 10.0. The normalized spacial score (nSPS) is 10.7. The van der Waals surface area contributed by atoms with Crippen LogP contribution in [-0.2, 0) is 12.8 Å². The third kappa shape index (κ3) is 3.70. The molecular weight excluding hydrogens is 318 g/mol. The van der Waals surface area contributed by atoms with Crippen LogP contribution >= 0.6 is 15.9 Å². The molecule has 0 unspecified atom stereocenters. The summed E-state index contributed by atoms with van der Waals surface area (Å²) < 4.78 is 1.02. The molecule has 0 bridgehead atoms. The molecule has 0 aliphatic rings. The van der Waals surface area contributed by atoms with Crippen molar-refractivity contribution in [1.82, 2.24) is 9.97 Å². The van der Waals surface area contributed by atoms with Crippen molar-refractivity contribution in [2.24, 2.45) is 0 Å². The molecule has 20 heavy (non-hydrogen) atoms. The molecule has 0 saturated carbocycles. The van der Waals surface area contributed by atoms with Gasteiger partial charge in [0.2, 0.25) is 5.95 Å². The van der Waals surface area contributed by atoms with Crippen LogP contribution in [0.15, 0.2) is 33.5 Å². The molecule has 0 aliphatic carbocycles. The Balaban J connectivity index is 2.34. The van der Waals surface area contributed by atoms with E-state index < -0.39 is 0 Å². The van der Waals surface area contributed by atoms with Gasteiger partial charge in [-0.15, -0.1) is 0 Å². The quantitative estimate of drug-likeness (QED) is 0.881. The summed E-state index contributed by atoms with van der Waals surface area (Å²) in [4.78, 5) is 19.0. The summed E-state index contributed by atoms with van der Waals surface area (Å²) in [5.74, 6) is 0.195. The maximum Gasteiger partial charge on any atom is 0.256 e. The smallest absolute Gasteiger partial charge is 0.256 e. The number of nitrogens with two attached hydrogens (primary N) is 1. The number of nitrogens with one attached hydrogen (secondary N) is 1. The number of aromatic nitrogens is 2. The first kappa shape index (κ1) is 14.8. The summed E-state index contributed by atoms with van der Waals surface area (Å²) in [5.41, 5.74) is 8.13. The van der Waals surface area contributed by atoms with Crippen LogP contribution in [0.2, 0.25) is 0 Å². The number of benzene rings is 1. The third-order valence-corrected chi connectivity index (χ3v) is 3.71. The molecule has 0 radical (unpaired) electrons. The van der Waals surface area contributed by atoms with Crippen LogP contribution < -0.4 is 11.3 Å². The number of halogens is 1. The zero-order chi connectivity index (χ0) is 14.5. The molecule has 1 aromatic heterocycles. The van der Waals surface area contributed by atoms with Gasteiger partial charge in [-0.2, -0.15) is 0 Å². The van der Waals surface area contributed by atoms with Crippen molar-refractivity contribution in [3.63, 3.8) is 0 Å². The molecule has 2 aromatic rings. The van der Waals surface area contributed by atoms with E-state index in [1.54, 1.807) is 0 Å². The monoisotopic (exact) mass is 335 g/mol. The van der Waals surface area contributed by atoms with Crippen molar-refractivity contribution in [1.29, 1.82) is 0 Å². The Bertz CT molecular complexity index is 635. The van der Waals surface area contributed by atoms with Crippen LogP contribution in [0.1, 0.15) is 36.6 Å². The largest absolute Gasteiger partial charge is 0.369 e. The number of aromatic amines is 1. The van der Waals surface area contributed by atoms with Crippen molar-refractivity contribution in [3.05, 3.63) is 55.9 Å². The second kappa shape index (κ2) is 6.70. The number of hydrogen-bond acceptors (Lipinski definition) is 3. The highest BCUT2D eigenvalue weighted by atomic mass is 79.9. The Morgan fingerprint density at radius 1 is 1.30 bits per heavy atom. The second-order valence-corrected chi connectivity index (χ2v) is 5.70. The Hall–Kier alpha value is -1.62. The van der Waals surface area contributed by atoms with Gasteiger partial charge in [0.05, 0.1) is 5.69 Å². The van der Waals surface area contributed by atoms with E-state index in [9.17, 15) is 4.79 Å². The topological polar surface area (TPSA) is 71.8 Å². The van der Waals surface area contributed by atoms with Crippen molar-refractivity contribution in [2.75, 3.05) is 5.73 Å². The van der Waals surface area contributed by atoms with Crippen LogP contribution in [0.4, 0.5) is 5.95 Å². The Labute approximate surface area is 126 Å². The van der Waals surface area contributed by atoms with E-state index >= 15 is 0 Å². The van der Waals surface area contributed by atoms with E-state index in [2.05, 4.69) is 32.8 Å². The lowest BCUT2D eigenvalue weighted by Gasteiger charge is -2.08. The zero-order valence-electron chi connectivity index (χ0n) is 11.4. The zero-order valence-corrected chi connectivity index (χ0v) is 13.0. The molecular formula is C15H18BrN3O. The summed E-state index contributed by atoms with van der Waals surface area (Å²) in [7, 11) is 0. The fraction of sp³-hybridized carbons (Fsp3) is 0.333. The predicted molar refractivity (Wildman–Crippen MR) is 84.8 cm³/mol. The van der Waals surface area contributed by atoms with Crippen molar-refractivity contribution < 1.29 is 0 Å². The lowest BCUT2D eigenvalue weighted by molar-refractivity contribution is 0.762. The lowest BCUT2D eigenvalue weighted by Crippen LogP contribution is -2.20. The van der Waals surface area contributed by atoms with Gasteiger partial charge in [-0.1, -0.05) is 41.4 Å². The number of nitrogen functional groups attached to an aromatic ring is 1. The summed E-state index contributed by atoms with van der Waals surface area (Å²) in [6.45, 7) is 2.12. The van der Waals surface area contributed by atoms with Gasteiger partial charge in [-0.25, -0.2) is 4.98 Å². The van der Waals surface area contributed by atoms with E-state index in [1.807, 2.05) is 24.3 Å². The van der Waals surface area contributed by atoms with E-state index in [0.29, 0.717) is 6.42 Å². The van der Waals surface area contributed by atoms with Crippen molar-refractivity contribution in [2.45, 2.75) is 32.6 Å². The number of anilines is 1. The molecule has 0 atom stereocenters. The molecule has 0 fully saturated rings. The van der Waals surface area contributed by atoms with Gasteiger partial charge in [0.1, 0.15) is 0 Å². The molecule has 5 heteroatoms. The van der Waals surface area contributed by atoms with Crippen LogP contribution in [0.3, 0.4) is 0 Å². The van der Waals surface area contributed by atoms with Gasteiger partial charge < -0.3 is 5.73 Å². The van der Waals surface area contributed by atoms with E-state index in [0.717, 1.165) is 40.6 Å². The number of hydrogen-bond donors (Lipinski definition) is 2. The van der Waals surface area contributed by atoms with Crippen molar-refractivity contribution in [3.8, 4) is 0 Å². The first-order chi connectivity index (χ1) is 9.60. The van der Waals surface area contributed by atoms with E-state index in [1.165, 1.54) is 0 Å². The molecule has 0 spiro atoms. The SMILES string of the molecule is CCCCc1nc(N)[nH]c(=O)c1Cc1ccc(Br)cc1. The van der Waals surface area contributed by atoms with Gasteiger partial charge in [0, 0.05) is 16.5 Å². The summed E-state index contributed by atoms with van der Waals surface area (Å²) in [6, 6.07) is 7.95. The maximum atomic E-state index is 12.1. The fourth-order valence-corrected chi connectivity index (χ4v) is 2.37. The molecule has 106 valence electrons. The van der Waals surface area contributed by atoms with Gasteiger partial charge in [-0.05, 0) is 30.5 Å². The van der Waals surface area contributed by atoms with Gasteiger partial charge in [-0.3, -0.25) is 9.78 Å². The van der Waals surface area contributed by atoms with E-state index in [4.69, 9.17) is 5.73 Å². The Kier molecular flexibility index (Phi) is 4.95. The van der Waals surface area contributed by atoms with Crippen LogP contribution in [-0.4, -0.2) is 9.97 Å². The molecule has 0 aliphatic heterocycles. The number of unbranched alkanes of at least 4 members (excludes halogenated alkanes) is 1. The maximum absolute atomic E-state index is 12.1. The number of nitrogens with zero attached hydrogens (tertiary/aromatic N) is 1. The first-order valence-corrected chi connectivity index (χ1v) is 7.51. The molecule has 0 amide bonds. The van der Waals surface area contributed by atoms with Gasteiger partial charge in [0.15, 0.2) is 0 Å². The van der Waals surface area contributed by atoms with Crippen LogP contribution in [0.25, 0.3) is 0 Å². The first-order valence-electron chi connectivity index (χ1n) is 6.72. The molecule has 4 nitrogen and oxygen atoms in total. The number of aryl methyl sites for hydroxylation is 1. The standard InChI is InChI=1S/C15H18BrN3O/c1-2-3-4-13-12(14(20)19-15(17)18-13)9-10-5-7-11(16)8-6-10/h5-8H,2-4,9H2,1H3,(H3,17,18,19,20). The van der Waals surface area contributed by atoms with Crippen LogP contribution in [0, 0.1) is 0 Å². The summed E-state index contributed by atoms with van der Waals surface area (Å²) in [5, 5.41) is 0. The minimum absolute atomic E-state index is 0.133. The fourth-order valence-electron chi connectivity index (χ4n) is 2.10. The number of rotatable bonds is 5. The Morgan fingerprint density at radius 2 is 2.00 bits per heavy atom. The molecule has 3 N–H and O–H groups in total. The molecule has 1 aromatic carbocycles. The molecule has 1 heterocycles. The minimum Gasteiger partial charge on any atom is -0.369 e. The van der Waals surface area contributed by atoms with Gasteiger partial charge >= 0.3 is 0 Å². The third-order valence-electron chi connectivity index (χ3n) is 3.18. The van der Waals surface area contributed by atoms with Crippen molar-refractivity contribution >= 4 is 21.9 Å². The summed E-state index contributed by atoms with van der Waals surface area (Å²) >= 11 is 3.41. The highest BCUT2D eigenvalue weighted by Gasteiger charge is 2.11. The molecule has 2 rings (SSSR count). The number of H-pyrrole nitrogens is 1. The minimum atomic E-state index is -0.133. The highest BCUT2D eigenvalue weighted by Crippen LogP contribution is 2.15. The average Bonchev–Trinajstić information content (AvgIpc) is 2.42. The van der Waals surface area contributed by atoms with Gasteiger partial charge in [0.25, 0.3) is 5.56 Å². The summed E-state index contributed by atoms with van der Waals surface area (Å²) in [6.07, 6.45) is 3.43. The highest BCUT2D eigenvalue weighted by molar-refractivity contribution is 9.10. The molecule has 0 saturated heterocycles. The average molecular weight is 336 g/mol.